The summed E-state index contributed by atoms with van der Waals surface area (Å²) < 4.78 is 0. The van der Waals surface area contributed by atoms with Crippen molar-refractivity contribution in [2.24, 2.45) is 0 Å². The number of rotatable bonds is 3. The summed E-state index contributed by atoms with van der Waals surface area (Å²) >= 11 is 1.73. The average molecular weight is 309 g/mol. The van der Waals surface area contributed by atoms with Crippen molar-refractivity contribution < 1.29 is 10.0 Å². The van der Waals surface area contributed by atoms with Crippen molar-refractivity contribution in [1.29, 1.82) is 0 Å². The normalized spacial score (nSPS) is 12.0. The quantitative estimate of drug-likeness (QED) is 0.520. The van der Waals surface area contributed by atoms with E-state index in [4.69, 9.17) is 5.21 Å². The van der Waals surface area contributed by atoms with Crippen LogP contribution in [0.3, 0.4) is 0 Å². The predicted molar refractivity (Wildman–Crippen MR) is 84.3 cm³/mol. The van der Waals surface area contributed by atoms with E-state index in [0.29, 0.717) is 6.54 Å². The van der Waals surface area contributed by atoms with E-state index >= 15 is 0 Å². The molecule has 0 aliphatic carbocycles. The Balaban J connectivity index is 0.00000161. The van der Waals surface area contributed by atoms with Crippen LogP contribution in [0.4, 0.5) is 11.4 Å². The van der Waals surface area contributed by atoms with Gasteiger partial charge in [-0.25, -0.2) is 5.48 Å². The molecule has 0 saturated carbocycles. The molecule has 1 heterocycles. The zero-order valence-corrected chi connectivity index (χ0v) is 14.6. The van der Waals surface area contributed by atoms with Crippen LogP contribution in [0.1, 0.15) is 6.42 Å². The second kappa shape index (κ2) is 7.33. The van der Waals surface area contributed by atoms with Crippen molar-refractivity contribution in [2.75, 3.05) is 11.4 Å². The third-order valence-corrected chi connectivity index (χ3v) is 4.35. The second-order valence-electron chi connectivity index (χ2n) is 4.47. The van der Waals surface area contributed by atoms with Crippen molar-refractivity contribution in [3.05, 3.63) is 48.5 Å². The topological polar surface area (TPSA) is 52.6 Å². The molecule has 0 atom stereocenters. The number of hydroxylamine groups is 1. The Labute approximate surface area is 149 Å². The molecule has 0 spiro atoms. The molecule has 21 heavy (non-hydrogen) atoms. The first-order chi connectivity index (χ1) is 9.79. The Morgan fingerprint density at radius 1 is 1.05 bits per heavy atom. The number of carbonyl (C=O) groups is 1. The Morgan fingerprint density at radius 3 is 2.10 bits per heavy atom. The Bertz CT molecular complexity index is 606. The van der Waals surface area contributed by atoms with Gasteiger partial charge in [-0.05, 0) is 24.3 Å². The van der Waals surface area contributed by atoms with Crippen LogP contribution in [0.25, 0.3) is 0 Å². The molecule has 0 fully saturated rings. The molecule has 103 valence electrons. The Morgan fingerprint density at radius 2 is 1.57 bits per heavy atom. The molecule has 1 aliphatic rings. The number of para-hydroxylation sites is 2. The monoisotopic (exact) mass is 309 g/mol. The van der Waals surface area contributed by atoms with Crippen molar-refractivity contribution >= 4 is 58.6 Å². The van der Waals surface area contributed by atoms with Gasteiger partial charge in [-0.15, -0.1) is 0 Å². The minimum absolute atomic E-state index is 0. The van der Waals surface area contributed by atoms with E-state index < -0.39 is 0 Å². The predicted octanol–water partition coefficient (Wildman–Crippen LogP) is 2.80. The molecule has 1 radical (unpaired) electrons. The fourth-order valence-corrected chi connectivity index (χ4v) is 3.39. The molecule has 1 aliphatic heterocycles. The molecule has 0 unspecified atom stereocenters. The SMILES string of the molecule is O=C(CCN1c2ccccc2Sc2ccccc21)NO.[Na]. The van der Waals surface area contributed by atoms with E-state index in [1.165, 1.54) is 9.79 Å². The van der Waals surface area contributed by atoms with Gasteiger partial charge in [0.25, 0.3) is 0 Å². The van der Waals surface area contributed by atoms with Crippen LogP contribution in [0.5, 0.6) is 0 Å². The van der Waals surface area contributed by atoms with Crippen molar-refractivity contribution in [1.82, 2.24) is 5.48 Å². The molecule has 4 nitrogen and oxygen atoms in total. The summed E-state index contributed by atoms with van der Waals surface area (Å²) in [5, 5.41) is 8.63. The molecular weight excluding hydrogens is 295 g/mol. The standard InChI is InChI=1S/C15H14N2O2S.Na/c18-15(16-19)9-10-17-11-5-1-3-7-13(11)20-14-8-4-2-6-12(14)17;/h1-8,19H,9-10H2,(H,16,18);. The number of amides is 1. The van der Waals surface area contributed by atoms with Gasteiger partial charge in [0.1, 0.15) is 0 Å². The van der Waals surface area contributed by atoms with Gasteiger partial charge in [-0.2, -0.15) is 0 Å². The first-order valence-corrected chi connectivity index (χ1v) is 7.17. The summed E-state index contributed by atoms with van der Waals surface area (Å²) in [5.41, 5.74) is 3.88. The zero-order valence-electron chi connectivity index (χ0n) is 11.7. The smallest absolute Gasteiger partial charge is 0.245 e. The molecule has 0 aromatic heterocycles. The number of hydrogen-bond acceptors (Lipinski definition) is 4. The van der Waals surface area contributed by atoms with E-state index in [1.807, 2.05) is 24.3 Å². The number of fused-ring (bicyclic) bond motifs is 2. The Hall–Kier alpha value is -0.980. The molecule has 1 amide bonds. The van der Waals surface area contributed by atoms with Gasteiger partial charge < -0.3 is 4.90 Å². The molecule has 2 N–H and O–H groups in total. The maximum absolute atomic E-state index is 11.3. The van der Waals surface area contributed by atoms with Crippen LogP contribution in [-0.4, -0.2) is 47.2 Å². The van der Waals surface area contributed by atoms with Crippen LogP contribution < -0.4 is 10.4 Å². The van der Waals surface area contributed by atoms with Gasteiger partial charge >= 0.3 is 0 Å². The summed E-state index contributed by atoms with van der Waals surface area (Å²) in [6.45, 7) is 0.529. The number of anilines is 2. The minimum atomic E-state index is -0.377. The summed E-state index contributed by atoms with van der Waals surface area (Å²) in [6, 6.07) is 16.3. The number of benzene rings is 2. The molecule has 0 saturated heterocycles. The second-order valence-corrected chi connectivity index (χ2v) is 5.56. The maximum atomic E-state index is 11.3. The third kappa shape index (κ3) is 3.44. The molecule has 3 rings (SSSR count). The summed E-state index contributed by atoms with van der Waals surface area (Å²) in [5.74, 6) is -0.377. The van der Waals surface area contributed by atoms with E-state index in [0.717, 1.165) is 11.4 Å². The van der Waals surface area contributed by atoms with E-state index in [1.54, 1.807) is 17.2 Å². The third-order valence-electron chi connectivity index (χ3n) is 3.22. The summed E-state index contributed by atoms with van der Waals surface area (Å²) in [7, 11) is 0. The van der Waals surface area contributed by atoms with Crippen molar-refractivity contribution in [3.63, 3.8) is 0 Å². The van der Waals surface area contributed by atoms with Gasteiger partial charge in [-0.3, -0.25) is 10.0 Å². The van der Waals surface area contributed by atoms with E-state index in [-0.39, 0.29) is 41.9 Å². The first-order valence-electron chi connectivity index (χ1n) is 6.36. The van der Waals surface area contributed by atoms with Crippen LogP contribution in [0, 0.1) is 0 Å². The fourth-order valence-electron chi connectivity index (χ4n) is 2.29. The van der Waals surface area contributed by atoms with Crippen LogP contribution in [0.15, 0.2) is 58.3 Å². The van der Waals surface area contributed by atoms with Gasteiger partial charge in [0.05, 0.1) is 11.4 Å². The number of hydrogen-bond donors (Lipinski definition) is 2. The fraction of sp³-hybridized carbons (Fsp3) is 0.133. The Kier molecular flexibility index (Phi) is 5.72. The largest absolute Gasteiger partial charge is 0.339 e. The summed E-state index contributed by atoms with van der Waals surface area (Å²) in [4.78, 5) is 15.8. The number of nitrogens with zero attached hydrogens (tertiary/aromatic N) is 1. The van der Waals surface area contributed by atoms with Gasteiger partial charge in [-0.1, -0.05) is 36.0 Å². The number of nitrogens with one attached hydrogen (secondary N) is 1. The molecule has 0 bridgehead atoms. The molecular formula is C15H14N2NaO2S. The molecule has 2 aromatic rings. The maximum Gasteiger partial charge on any atom is 0.245 e. The average Bonchev–Trinajstić information content (AvgIpc) is 2.51. The van der Waals surface area contributed by atoms with Crippen LogP contribution in [-0.2, 0) is 4.79 Å². The van der Waals surface area contributed by atoms with Crippen LogP contribution >= 0.6 is 11.8 Å². The van der Waals surface area contributed by atoms with Crippen molar-refractivity contribution in [2.45, 2.75) is 16.2 Å². The minimum Gasteiger partial charge on any atom is -0.339 e. The molecule has 6 heteroatoms. The van der Waals surface area contributed by atoms with Gasteiger partial charge in [0, 0.05) is 52.3 Å². The van der Waals surface area contributed by atoms with Gasteiger partial charge in [0.2, 0.25) is 5.91 Å². The van der Waals surface area contributed by atoms with Crippen molar-refractivity contribution in [3.8, 4) is 0 Å². The number of carbonyl (C=O) groups excluding carboxylic acids is 1. The van der Waals surface area contributed by atoms with E-state index in [2.05, 4.69) is 29.2 Å². The van der Waals surface area contributed by atoms with Gasteiger partial charge in [0.15, 0.2) is 0 Å². The zero-order chi connectivity index (χ0) is 13.9. The molecule has 2 aromatic carbocycles. The summed E-state index contributed by atoms with van der Waals surface area (Å²) in [6.07, 6.45) is 0.240. The van der Waals surface area contributed by atoms with Crippen LogP contribution in [0.2, 0.25) is 0 Å². The van der Waals surface area contributed by atoms with E-state index in [9.17, 15) is 4.79 Å². The first kappa shape index (κ1) is 16.4.